The van der Waals surface area contributed by atoms with E-state index >= 15 is 0 Å². The second-order valence-electron chi connectivity index (χ2n) is 4.10. The highest BCUT2D eigenvalue weighted by molar-refractivity contribution is 5.93. The SMILES string of the molecule is C#CCNC(=O)c1cccn(Cc2cccnc2)c1=O. The standard InChI is InChI=1S/C15H13N3O2/c1-2-7-17-14(19)13-6-4-9-18(15(13)20)11-12-5-3-8-16-10-12/h1,3-6,8-10H,7,11H2,(H,17,19). The molecule has 1 amide bonds. The van der Waals surface area contributed by atoms with Gasteiger partial charge < -0.3 is 9.88 Å². The first-order chi connectivity index (χ1) is 9.72. The summed E-state index contributed by atoms with van der Waals surface area (Å²) in [4.78, 5) is 28.0. The molecule has 0 fully saturated rings. The first kappa shape index (κ1) is 13.6. The second kappa shape index (κ2) is 6.34. The molecule has 0 atom stereocenters. The molecule has 2 aromatic rings. The first-order valence-electron chi connectivity index (χ1n) is 6.02. The van der Waals surface area contributed by atoms with Crippen LogP contribution in [0.2, 0.25) is 0 Å². The van der Waals surface area contributed by atoms with Crippen LogP contribution in [-0.2, 0) is 6.54 Å². The summed E-state index contributed by atoms with van der Waals surface area (Å²) in [6, 6.07) is 6.80. The molecule has 2 rings (SSSR count). The van der Waals surface area contributed by atoms with E-state index in [1.54, 1.807) is 30.7 Å². The molecule has 0 saturated carbocycles. The number of nitrogens with zero attached hydrogens (tertiary/aromatic N) is 2. The van der Waals surface area contributed by atoms with Crippen molar-refractivity contribution in [2.45, 2.75) is 6.54 Å². The lowest BCUT2D eigenvalue weighted by Gasteiger charge is -2.07. The second-order valence-corrected chi connectivity index (χ2v) is 4.10. The molecule has 0 aliphatic rings. The lowest BCUT2D eigenvalue weighted by atomic mass is 10.2. The average molecular weight is 267 g/mol. The van der Waals surface area contributed by atoms with Crippen LogP contribution in [0.25, 0.3) is 0 Å². The number of aromatic nitrogens is 2. The predicted octanol–water partition coefficient (Wildman–Crippen LogP) is 0.655. The smallest absolute Gasteiger partial charge is 0.263 e. The van der Waals surface area contributed by atoms with Gasteiger partial charge in [-0.25, -0.2) is 0 Å². The quantitative estimate of drug-likeness (QED) is 0.827. The van der Waals surface area contributed by atoms with Crippen LogP contribution in [0.4, 0.5) is 0 Å². The zero-order chi connectivity index (χ0) is 14.4. The average Bonchev–Trinajstić information content (AvgIpc) is 2.48. The third-order valence-corrected chi connectivity index (χ3v) is 2.69. The molecule has 0 aromatic carbocycles. The van der Waals surface area contributed by atoms with Crippen LogP contribution in [0.3, 0.4) is 0 Å². The Balaban J connectivity index is 2.26. The van der Waals surface area contributed by atoms with Crippen molar-refractivity contribution in [1.29, 1.82) is 0 Å². The van der Waals surface area contributed by atoms with Gasteiger partial charge in [0, 0.05) is 18.6 Å². The van der Waals surface area contributed by atoms with Crippen LogP contribution >= 0.6 is 0 Å². The molecule has 100 valence electrons. The molecular formula is C15H13N3O2. The highest BCUT2D eigenvalue weighted by Crippen LogP contribution is 1.99. The number of amides is 1. The molecule has 5 nitrogen and oxygen atoms in total. The summed E-state index contributed by atoms with van der Waals surface area (Å²) in [6.07, 6.45) is 10.0. The molecule has 0 aliphatic heterocycles. The number of hydrogen-bond acceptors (Lipinski definition) is 3. The van der Waals surface area contributed by atoms with Gasteiger partial charge in [-0.15, -0.1) is 6.42 Å². The van der Waals surface area contributed by atoms with Crippen molar-refractivity contribution in [2.75, 3.05) is 6.54 Å². The number of terminal acetylenes is 1. The number of carbonyl (C=O) groups is 1. The van der Waals surface area contributed by atoms with E-state index in [1.165, 1.54) is 10.6 Å². The Labute approximate surface area is 116 Å². The normalized spacial score (nSPS) is 9.75. The Morgan fingerprint density at radius 3 is 2.95 bits per heavy atom. The number of hydrogen-bond donors (Lipinski definition) is 1. The van der Waals surface area contributed by atoms with E-state index in [-0.39, 0.29) is 17.7 Å². The molecule has 0 bridgehead atoms. The van der Waals surface area contributed by atoms with Gasteiger partial charge in [0.2, 0.25) is 0 Å². The third-order valence-electron chi connectivity index (χ3n) is 2.69. The number of carbonyl (C=O) groups excluding carboxylic acids is 1. The molecular weight excluding hydrogens is 254 g/mol. The minimum atomic E-state index is -0.464. The molecule has 0 aliphatic carbocycles. The molecule has 0 unspecified atom stereocenters. The maximum atomic E-state index is 12.2. The minimum Gasteiger partial charge on any atom is -0.341 e. The van der Waals surface area contributed by atoms with Crippen LogP contribution in [0.5, 0.6) is 0 Å². The van der Waals surface area contributed by atoms with Gasteiger partial charge in [-0.2, -0.15) is 0 Å². The van der Waals surface area contributed by atoms with Crippen molar-refractivity contribution in [1.82, 2.24) is 14.9 Å². The van der Waals surface area contributed by atoms with Crippen LogP contribution in [0, 0.1) is 12.3 Å². The van der Waals surface area contributed by atoms with Gasteiger partial charge in [0.15, 0.2) is 0 Å². The molecule has 5 heteroatoms. The summed E-state index contributed by atoms with van der Waals surface area (Å²) in [5.74, 6) is 1.83. The van der Waals surface area contributed by atoms with Gasteiger partial charge >= 0.3 is 0 Å². The maximum Gasteiger partial charge on any atom is 0.263 e. The van der Waals surface area contributed by atoms with Gasteiger partial charge in [-0.05, 0) is 23.8 Å². The van der Waals surface area contributed by atoms with E-state index in [0.717, 1.165) is 5.56 Å². The zero-order valence-corrected chi connectivity index (χ0v) is 10.7. The largest absolute Gasteiger partial charge is 0.341 e. The number of rotatable bonds is 4. The van der Waals surface area contributed by atoms with Crippen molar-refractivity contribution < 1.29 is 4.79 Å². The van der Waals surface area contributed by atoms with Crippen molar-refractivity contribution in [3.05, 3.63) is 64.3 Å². The lowest BCUT2D eigenvalue weighted by molar-refractivity contribution is 0.0956. The molecule has 2 heterocycles. The third kappa shape index (κ3) is 3.12. The van der Waals surface area contributed by atoms with E-state index in [2.05, 4.69) is 16.2 Å². The minimum absolute atomic E-state index is 0.0756. The Hall–Kier alpha value is -2.87. The summed E-state index contributed by atoms with van der Waals surface area (Å²) in [6.45, 7) is 0.457. The van der Waals surface area contributed by atoms with Crippen molar-refractivity contribution in [3.63, 3.8) is 0 Å². The Kier molecular flexibility index (Phi) is 4.30. The molecule has 0 radical (unpaired) electrons. The molecule has 0 saturated heterocycles. The maximum absolute atomic E-state index is 12.2. The lowest BCUT2D eigenvalue weighted by Crippen LogP contribution is -2.33. The Bertz CT molecular complexity index is 699. The summed E-state index contributed by atoms with van der Waals surface area (Å²) in [7, 11) is 0. The van der Waals surface area contributed by atoms with E-state index < -0.39 is 5.91 Å². The molecule has 0 spiro atoms. The highest BCUT2D eigenvalue weighted by atomic mass is 16.2. The van der Waals surface area contributed by atoms with E-state index in [4.69, 9.17) is 6.42 Å². The van der Waals surface area contributed by atoms with Crippen LogP contribution < -0.4 is 10.9 Å². The predicted molar refractivity (Wildman–Crippen MR) is 75.2 cm³/mol. The van der Waals surface area contributed by atoms with Crippen LogP contribution in [-0.4, -0.2) is 22.0 Å². The Morgan fingerprint density at radius 2 is 2.25 bits per heavy atom. The zero-order valence-electron chi connectivity index (χ0n) is 10.7. The topological polar surface area (TPSA) is 64.0 Å². The van der Waals surface area contributed by atoms with Crippen molar-refractivity contribution in [2.24, 2.45) is 0 Å². The fourth-order valence-corrected chi connectivity index (χ4v) is 1.75. The van der Waals surface area contributed by atoms with Crippen LogP contribution in [0.1, 0.15) is 15.9 Å². The fourth-order valence-electron chi connectivity index (χ4n) is 1.75. The van der Waals surface area contributed by atoms with Gasteiger partial charge in [0.05, 0.1) is 13.1 Å². The van der Waals surface area contributed by atoms with E-state index in [1.807, 2.05) is 6.07 Å². The van der Waals surface area contributed by atoms with Gasteiger partial charge in [0.25, 0.3) is 11.5 Å². The summed E-state index contributed by atoms with van der Waals surface area (Å²) in [5, 5.41) is 2.48. The molecule has 2 aromatic heterocycles. The van der Waals surface area contributed by atoms with Gasteiger partial charge in [-0.1, -0.05) is 12.0 Å². The fraction of sp³-hybridized carbons (Fsp3) is 0.133. The number of nitrogens with one attached hydrogen (secondary N) is 1. The van der Waals surface area contributed by atoms with E-state index in [0.29, 0.717) is 6.54 Å². The summed E-state index contributed by atoms with van der Waals surface area (Å²) < 4.78 is 1.46. The van der Waals surface area contributed by atoms with Gasteiger partial charge in [-0.3, -0.25) is 14.6 Å². The van der Waals surface area contributed by atoms with E-state index in [9.17, 15) is 9.59 Å². The first-order valence-corrected chi connectivity index (χ1v) is 6.02. The summed E-state index contributed by atoms with van der Waals surface area (Å²) >= 11 is 0. The van der Waals surface area contributed by atoms with Crippen LogP contribution in [0.15, 0.2) is 47.7 Å². The number of pyridine rings is 2. The molecule has 20 heavy (non-hydrogen) atoms. The van der Waals surface area contributed by atoms with Gasteiger partial charge in [0.1, 0.15) is 5.56 Å². The molecule has 1 N–H and O–H groups in total. The van der Waals surface area contributed by atoms with Crippen molar-refractivity contribution >= 4 is 5.91 Å². The Morgan fingerprint density at radius 1 is 1.40 bits per heavy atom. The monoisotopic (exact) mass is 267 g/mol. The van der Waals surface area contributed by atoms with Crippen molar-refractivity contribution in [3.8, 4) is 12.3 Å². The highest BCUT2D eigenvalue weighted by Gasteiger charge is 2.11. The summed E-state index contributed by atoms with van der Waals surface area (Å²) in [5.41, 5.74) is 0.605.